The quantitative estimate of drug-likeness (QED) is 0.910. The lowest BCUT2D eigenvalue weighted by atomic mass is 9.99. The molecule has 2 rings (SSSR count). The van der Waals surface area contributed by atoms with Crippen molar-refractivity contribution in [1.29, 1.82) is 0 Å². The molecular formula is C15H21N3S. The summed E-state index contributed by atoms with van der Waals surface area (Å²) in [6.45, 7) is 7.45. The van der Waals surface area contributed by atoms with Crippen LogP contribution in [0.25, 0.3) is 10.7 Å². The van der Waals surface area contributed by atoms with Crippen LogP contribution in [0, 0.1) is 19.8 Å². The highest BCUT2D eigenvalue weighted by molar-refractivity contribution is 7.13. The van der Waals surface area contributed by atoms with Crippen molar-refractivity contribution in [2.24, 2.45) is 5.92 Å². The average molecular weight is 275 g/mol. The van der Waals surface area contributed by atoms with Gasteiger partial charge in [-0.3, -0.25) is 0 Å². The van der Waals surface area contributed by atoms with Crippen molar-refractivity contribution in [1.82, 2.24) is 15.3 Å². The first-order valence-electron chi connectivity index (χ1n) is 6.64. The molecule has 0 aliphatic carbocycles. The Balaban J connectivity index is 2.27. The highest BCUT2D eigenvalue weighted by Gasteiger charge is 2.13. The van der Waals surface area contributed by atoms with Crippen LogP contribution >= 0.6 is 11.3 Å². The standard InChI is InChI=1S/C15H21N3S/c1-10(9-16-4)8-13-11(2)17-15(18-12(13)3)14-6-5-7-19-14/h5-7,10,16H,8-9H2,1-4H3. The molecule has 0 spiro atoms. The minimum Gasteiger partial charge on any atom is -0.319 e. The minimum atomic E-state index is 0.596. The van der Waals surface area contributed by atoms with Crippen LogP contribution in [0.1, 0.15) is 23.9 Å². The number of aryl methyl sites for hydroxylation is 2. The molecule has 1 N–H and O–H groups in total. The zero-order valence-electron chi connectivity index (χ0n) is 12.0. The summed E-state index contributed by atoms with van der Waals surface area (Å²) in [6.07, 6.45) is 1.03. The summed E-state index contributed by atoms with van der Waals surface area (Å²) in [5.74, 6) is 1.45. The lowest BCUT2D eigenvalue weighted by Gasteiger charge is -2.15. The summed E-state index contributed by atoms with van der Waals surface area (Å²) in [6, 6.07) is 4.11. The first-order valence-corrected chi connectivity index (χ1v) is 7.52. The molecule has 102 valence electrons. The Hall–Kier alpha value is -1.26. The maximum Gasteiger partial charge on any atom is 0.169 e. The largest absolute Gasteiger partial charge is 0.319 e. The van der Waals surface area contributed by atoms with Crippen LogP contribution in [0.15, 0.2) is 17.5 Å². The Morgan fingerprint density at radius 3 is 2.47 bits per heavy atom. The number of nitrogens with one attached hydrogen (secondary N) is 1. The topological polar surface area (TPSA) is 37.8 Å². The fourth-order valence-corrected chi connectivity index (χ4v) is 2.98. The summed E-state index contributed by atoms with van der Waals surface area (Å²) in [5.41, 5.74) is 3.51. The number of hydrogen-bond donors (Lipinski definition) is 1. The van der Waals surface area contributed by atoms with Crippen LogP contribution in [0.4, 0.5) is 0 Å². The van der Waals surface area contributed by atoms with Gasteiger partial charge in [0.05, 0.1) is 4.88 Å². The van der Waals surface area contributed by atoms with Gasteiger partial charge >= 0.3 is 0 Å². The molecule has 3 nitrogen and oxygen atoms in total. The fourth-order valence-electron chi connectivity index (χ4n) is 2.32. The van der Waals surface area contributed by atoms with Gasteiger partial charge in [-0.05, 0) is 56.8 Å². The molecule has 4 heteroatoms. The molecule has 2 aromatic heterocycles. The third kappa shape index (κ3) is 3.39. The highest BCUT2D eigenvalue weighted by Crippen LogP contribution is 2.24. The van der Waals surface area contributed by atoms with Crippen molar-refractivity contribution in [3.05, 3.63) is 34.5 Å². The second kappa shape index (κ2) is 6.26. The third-order valence-corrected chi connectivity index (χ3v) is 4.13. The molecule has 0 aliphatic heterocycles. The van der Waals surface area contributed by atoms with Crippen molar-refractivity contribution < 1.29 is 0 Å². The lowest BCUT2D eigenvalue weighted by Crippen LogP contribution is -2.19. The van der Waals surface area contributed by atoms with Crippen molar-refractivity contribution in [2.75, 3.05) is 13.6 Å². The molecule has 0 saturated carbocycles. The monoisotopic (exact) mass is 275 g/mol. The van der Waals surface area contributed by atoms with Gasteiger partial charge in [0.15, 0.2) is 5.82 Å². The number of aromatic nitrogens is 2. The maximum atomic E-state index is 4.67. The highest BCUT2D eigenvalue weighted by atomic mass is 32.1. The van der Waals surface area contributed by atoms with E-state index in [0.717, 1.165) is 35.1 Å². The third-order valence-electron chi connectivity index (χ3n) is 3.27. The van der Waals surface area contributed by atoms with Crippen molar-refractivity contribution >= 4 is 11.3 Å². The molecule has 1 atom stereocenters. The summed E-state index contributed by atoms with van der Waals surface area (Å²) in [4.78, 5) is 10.5. The summed E-state index contributed by atoms with van der Waals surface area (Å²) in [7, 11) is 1.99. The van der Waals surface area contributed by atoms with Crippen molar-refractivity contribution in [2.45, 2.75) is 27.2 Å². The number of nitrogens with zero attached hydrogens (tertiary/aromatic N) is 2. The van der Waals surface area contributed by atoms with E-state index in [-0.39, 0.29) is 0 Å². The van der Waals surface area contributed by atoms with Crippen LogP contribution in [0.2, 0.25) is 0 Å². The van der Waals surface area contributed by atoms with Gasteiger partial charge < -0.3 is 5.32 Å². The number of thiophene rings is 1. The van der Waals surface area contributed by atoms with E-state index in [0.29, 0.717) is 5.92 Å². The van der Waals surface area contributed by atoms with Gasteiger partial charge in [0.25, 0.3) is 0 Å². The van der Waals surface area contributed by atoms with Gasteiger partial charge in [-0.25, -0.2) is 9.97 Å². The van der Waals surface area contributed by atoms with Gasteiger partial charge in [0.1, 0.15) is 0 Å². The Bertz CT molecular complexity index is 511. The minimum absolute atomic E-state index is 0.596. The van der Waals surface area contributed by atoms with Crippen LogP contribution in [0.5, 0.6) is 0 Å². The molecule has 19 heavy (non-hydrogen) atoms. The molecule has 1 unspecified atom stereocenters. The SMILES string of the molecule is CNCC(C)Cc1c(C)nc(-c2cccs2)nc1C. The summed E-state index contributed by atoms with van der Waals surface area (Å²) < 4.78 is 0. The zero-order chi connectivity index (χ0) is 13.8. The van der Waals surface area contributed by atoms with E-state index in [1.54, 1.807) is 11.3 Å². The normalized spacial score (nSPS) is 12.6. The predicted molar refractivity (Wildman–Crippen MR) is 81.6 cm³/mol. The van der Waals surface area contributed by atoms with E-state index >= 15 is 0 Å². The molecule has 0 amide bonds. The lowest BCUT2D eigenvalue weighted by molar-refractivity contribution is 0.537. The van der Waals surface area contributed by atoms with Gasteiger partial charge in [0.2, 0.25) is 0 Å². The summed E-state index contributed by atoms with van der Waals surface area (Å²) in [5, 5.41) is 5.28. The van der Waals surface area contributed by atoms with Gasteiger partial charge in [-0.15, -0.1) is 11.3 Å². The van der Waals surface area contributed by atoms with E-state index < -0.39 is 0 Å². The van der Waals surface area contributed by atoms with Gasteiger partial charge in [-0.2, -0.15) is 0 Å². The molecule has 0 bridgehead atoms. The van der Waals surface area contributed by atoms with Crippen LogP contribution in [-0.4, -0.2) is 23.6 Å². The van der Waals surface area contributed by atoms with E-state index in [4.69, 9.17) is 0 Å². The Morgan fingerprint density at radius 2 is 1.95 bits per heavy atom. The van der Waals surface area contributed by atoms with Crippen LogP contribution in [-0.2, 0) is 6.42 Å². The van der Waals surface area contributed by atoms with E-state index in [1.807, 2.05) is 13.1 Å². The van der Waals surface area contributed by atoms with Crippen molar-refractivity contribution in [3.63, 3.8) is 0 Å². The van der Waals surface area contributed by atoms with Gasteiger partial charge in [-0.1, -0.05) is 13.0 Å². The Morgan fingerprint density at radius 1 is 1.26 bits per heavy atom. The van der Waals surface area contributed by atoms with E-state index in [1.165, 1.54) is 5.56 Å². The van der Waals surface area contributed by atoms with Crippen LogP contribution in [0.3, 0.4) is 0 Å². The van der Waals surface area contributed by atoms with E-state index in [9.17, 15) is 0 Å². The number of hydrogen-bond acceptors (Lipinski definition) is 4. The Kier molecular flexibility index (Phi) is 4.66. The van der Waals surface area contributed by atoms with Crippen LogP contribution < -0.4 is 5.32 Å². The first kappa shape index (κ1) is 14.2. The molecule has 0 saturated heterocycles. The van der Waals surface area contributed by atoms with Gasteiger partial charge in [0, 0.05) is 11.4 Å². The molecule has 0 fully saturated rings. The summed E-state index contributed by atoms with van der Waals surface area (Å²) >= 11 is 1.69. The smallest absolute Gasteiger partial charge is 0.169 e. The fraction of sp³-hybridized carbons (Fsp3) is 0.467. The molecule has 2 aromatic rings. The molecule has 0 aromatic carbocycles. The maximum absolute atomic E-state index is 4.67. The molecule has 2 heterocycles. The van der Waals surface area contributed by atoms with Crippen molar-refractivity contribution in [3.8, 4) is 10.7 Å². The average Bonchev–Trinajstić information content (AvgIpc) is 2.87. The molecule has 0 aliphatic rings. The first-order chi connectivity index (χ1) is 9.11. The second-order valence-corrected chi connectivity index (χ2v) is 5.99. The molecular weight excluding hydrogens is 254 g/mol. The zero-order valence-corrected chi connectivity index (χ0v) is 12.8. The number of rotatable bonds is 5. The molecule has 0 radical (unpaired) electrons. The Labute approximate surface area is 119 Å². The predicted octanol–water partition coefficient (Wildman–Crippen LogP) is 3.22. The van der Waals surface area contributed by atoms with E-state index in [2.05, 4.69) is 47.5 Å². The second-order valence-electron chi connectivity index (χ2n) is 5.04.